The molecule has 0 fully saturated rings. The van der Waals surface area contributed by atoms with Gasteiger partial charge >= 0.3 is 6.55 Å². The van der Waals surface area contributed by atoms with Gasteiger partial charge in [0.25, 0.3) is 0 Å². The third kappa shape index (κ3) is 2.90. The molecule has 1 aromatic heterocycles. The molecule has 0 amide bonds. The lowest BCUT2D eigenvalue weighted by atomic mass is 10.2. The molecule has 1 aromatic carbocycles. The van der Waals surface area contributed by atoms with E-state index < -0.39 is 37.1 Å². The van der Waals surface area contributed by atoms with Gasteiger partial charge in [-0.05, 0) is 17.7 Å². The van der Waals surface area contributed by atoms with Crippen LogP contribution in [0.15, 0.2) is 24.5 Å². The quantitative estimate of drug-likeness (QED) is 0.861. The highest BCUT2D eigenvalue weighted by molar-refractivity contribution is 5.31. The Morgan fingerprint density at radius 1 is 1.25 bits per heavy atom. The van der Waals surface area contributed by atoms with Crippen LogP contribution in [-0.4, -0.2) is 14.7 Å². The Balaban J connectivity index is 2.17. The Morgan fingerprint density at radius 2 is 1.90 bits per heavy atom. The lowest BCUT2D eigenvalue weighted by Crippen LogP contribution is -2.08. The lowest BCUT2D eigenvalue weighted by Gasteiger charge is -2.10. The summed E-state index contributed by atoms with van der Waals surface area (Å²) in [6, 6.07) is 1.80. The fraction of sp³-hybridized carbons (Fsp3) is 0.250. The molecule has 1 N–H and O–H groups in total. The molecule has 108 valence electrons. The molecule has 2 rings (SSSR count). The number of alkyl halides is 2. The van der Waals surface area contributed by atoms with Gasteiger partial charge in [-0.3, -0.25) is 4.57 Å². The van der Waals surface area contributed by atoms with Crippen molar-refractivity contribution in [2.45, 2.75) is 19.8 Å². The van der Waals surface area contributed by atoms with E-state index in [9.17, 15) is 17.6 Å². The predicted octanol–water partition coefficient (Wildman–Crippen LogP) is 2.63. The van der Waals surface area contributed by atoms with Crippen molar-refractivity contribution in [2.75, 3.05) is 0 Å². The highest BCUT2D eigenvalue weighted by atomic mass is 19.3. The summed E-state index contributed by atoms with van der Waals surface area (Å²) in [6.45, 7) is -3.85. The first-order valence-corrected chi connectivity index (χ1v) is 5.54. The van der Waals surface area contributed by atoms with Gasteiger partial charge in [-0.25, -0.2) is 13.8 Å². The summed E-state index contributed by atoms with van der Waals surface area (Å²) < 4.78 is 57.5. The molecular weight excluding hydrogens is 280 g/mol. The van der Waals surface area contributed by atoms with E-state index in [0.29, 0.717) is 4.57 Å². The number of rotatable bonds is 5. The minimum atomic E-state index is -2.82. The Bertz CT molecular complexity index is 578. The van der Waals surface area contributed by atoms with Crippen LogP contribution in [0, 0.1) is 11.6 Å². The average Bonchev–Trinajstić information content (AvgIpc) is 2.86. The van der Waals surface area contributed by atoms with Crippen molar-refractivity contribution < 1.29 is 27.4 Å². The second kappa shape index (κ2) is 5.91. The van der Waals surface area contributed by atoms with Crippen molar-refractivity contribution in [1.82, 2.24) is 9.55 Å². The number of hydrogen-bond donors (Lipinski definition) is 1. The zero-order valence-electron chi connectivity index (χ0n) is 10.1. The molecule has 0 aliphatic rings. The second-order valence-corrected chi connectivity index (χ2v) is 3.86. The summed E-state index contributed by atoms with van der Waals surface area (Å²) in [5.41, 5.74) is 0.0430. The van der Waals surface area contributed by atoms with Crippen molar-refractivity contribution in [2.24, 2.45) is 0 Å². The van der Waals surface area contributed by atoms with Crippen LogP contribution in [0.3, 0.4) is 0 Å². The van der Waals surface area contributed by atoms with Crippen LogP contribution in [0.25, 0.3) is 0 Å². The lowest BCUT2D eigenvalue weighted by molar-refractivity contribution is 0.0629. The number of benzene rings is 1. The topological polar surface area (TPSA) is 47.3 Å². The summed E-state index contributed by atoms with van der Waals surface area (Å²) in [5.74, 6) is -2.91. The van der Waals surface area contributed by atoms with Crippen LogP contribution in [0.4, 0.5) is 17.6 Å². The number of aromatic nitrogens is 2. The van der Waals surface area contributed by atoms with Crippen molar-refractivity contribution in [1.29, 1.82) is 0 Å². The molecule has 0 aliphatic heterocycles. The predicted molar refractivity (Wildman–Crippen MR) is 60.1 cm³/mol. The van der Waals surface area contributed by atoms with E-state index >= 15 is 0 Å². The zero-order valence-corrected chi connectivity index (χ0v) is 10.1. The van der Waals surface area contributed by atoms with E-state index in [-0.39, 0.29) is 11.4 Å². The SMILES string of the molecule is OCc1cc(F)c(OCc2nccn2C(F)F)c(F)c1. The maximum atomic E-state index is 13.5. The van der Waals surface area contributed by atoms with Gasteiger partial charge in [0.2, 0.25) is 0 Å². The minimum Gasteiger partial charge on any atom is -0.480 e. The maximum absolute atomic E-state index is 13.5. The molecule has 0 spiro atoms. The highest BCUT2D eigenvalue weighted by Gasteiger charge is 2.16. The van der Waals surface area contributed by atoms with Crippen LogP contribution >= 0.6 is 0 Å². The maximum Gasteiger partial charge on any atom is 0.320 e. The molecule has 2 aromatic rings. The van der Waals surface area contributed by atoms with E-state index in [0.717, 1.165) is 24.5 Å². The molecule has 0 radical (unpaired) electrons. The fourth-order valence-corrected chi connectivity index (χ4v) is 1.61. The first-order valence-electron chi connectivity index (χ1n) is 5.54. The second-order valence-electron chi connectivity index (χ2n) is 3.86. The van der Waals surface area contributed by atoms with Gasteiger partial charge in [-0.2, -0.15) is 8.78 Å². The molecule has 0 saturated heterocycles. The van der Waals surface area contributed by atoms with E-state index in [2.05, 4.69) is 4.98 Å². The van der Waals surface area contributed by atoms with E-state index in [1.165, 1.54) is 0 Å². The van der Waals surface area contributed by atoms with Crippen molar-refractivity contribution in [3.63, 3.8) is 0 Å². The minimum absolute atomic E-state index is 0.0430. The van der Waals surface area contributed by atoms with Crippen molar-refractivity contribution >= 4 is 0 Å². The summed E-state index contributed by atoms with van der Waals surface area (Å²) in [7, 11) is 0. The van der Waals surface area contributed by atoms with Crippen LogP contribution in [-0.2, 0) is 13.2 Å². The molecular formula is C12H10F4N2O2. The van der Waals surface area contributed by atoms with Crippen LogP contribution in [0.1, 0.15) is 17.9 Å². The molecule has 0 atom stereocenters. The third-order valence-electron chi connectivity index (χ3n) is 2.55. The fourth-order valence-electron chi connectivity index (χ4n) is 1.61. The number of ether oxygens (including phenoxy) is 1. The van der Waals surface area contributed by atoms with Gasteiger partial charge < -0.3 is 9.84 Å². The van der Waals surface area contributed by atoms with Gasteiger partial charge in [0, 0.05) is 12.4 Å². The monoisotopic (exact) mass is 290 g/mol. The Morgan fingerprint density at radius 3 is 2.45 bits per heavy atom. The highest BCUT2D eigenvalue weighted by Crippen LogP contribution is 2.24. The van der Waals surface area contributed by atoms with E-state index in [4.69, 9.17) is 9.84 Å². The average molecular weight is 290 g/mol. The normalized spacial score (nSPS) is 11.1. The number of imidazole rings is 1. The molecule has 0 unspecified atom stereocenters. The molecule has 0 bridgehead atoms. The van der Waals surface area contributed by atoms with E-state index in [1.54, 1.807) is 0 Å². The summed E-state index contributed by atoms with van der Waals surface area (Å²) in [4.78, 5) is 3.62. The third-order valence-corrected chi connectivity index (χ3v) is 2.55. The van der Waals surface area contributed by atoms with E-state index in [1.807, 2.05) is 0 Å². The van der Waals surface area contributed by atoms with Gasteiger partial charge in [0.05, 0.1) is 6.61 Å². The molecule has 8 heteroatoms. The van der Waals surface area contributed by atoms with Gasteiger partial charge in [-0.15, -0.1) is 0 Å². The standard InChI is InChI=1S/C12H10F4N2O2/c13-8-3-7(5-19)4-9(14)11(8)20-6-10-17-1-2-18(10)12(15)16/h1-4,12,19H,5-6H2. The Labute approximate surface area is 111 Å². The van der Waals surface area contributed by atoms with Crippen molar-refractivity contribution in [3.05, 3.63) is 47.5 Å². The summed E-state index contributed by atoms with van der Waals surface area (Å²) >= 11 is 0. The molecule has 0 saturated carbocycles. The Kier molecular flexibility index (Phi) is 4.23. The number of hydrogen-bond acceptors (Lipinski definition) is 3. The zero-order chi connectivity index (χ0) is 14.7. The Hall–Kier alpha value is -2.09. The van der Waals surface area contributed by atoms with Gasteiger partial charge in [-0.1, -0.05) is 0 Å². The number of nitrogens with zero attached hydrogens (tertiary/aromatic N) is 2. The summed E-state index contributed by atoms with van der Waals surface area (Å²) in [6.07, 6.45) is 2.16. The van der Waals surface area contributed by atoms with Crippen LogP contribution in [0.2, 0.25) is 0 Å². The largest absolute Gasteiger partial charge is 0.480 e. The molecule has 1 heterocycles. The van der Waals surface area contributed by atoms with Gasteiger partial charge in [0.1, 0.15) is 6.61 Å². The molecule has 4 nitrogen and oxygen atoms in total. The van der Waals surface area contributed by atoms with Crippen LogP contribution in [0.5, 0.6) is 5.75 Å². The first kappa shape index (κ1) is 14.3. The summed E-state index contributed by atoms with van der Waals surface area (Å²) in [5, 5.41) is 8.78. The van der Waals surface area contributed by atoms with Crippen molar-refractivity contribution in [3.8, 4) is 5.75 Å². The van der Waals surface area contributed by atoms with Gasteiger partial charge in [0.15, 0.2) is 23.2 Å². The van der Waals surface area contributed by atoms with Crippen LogP contribution < -0.4 is 4.74 Å². The smallest absolute Gasteiger partial charge is 0.320 e. The molecule has 20 heavy (non-hydrogen) atoms. The molecule has 0 aliphatic carbocycles. The first-order chi connectivity index (χ1) is 9.52. The number of halogens is 4. The number of aliphatic hydroxyl groups is 1. The number of aliphatic hydroxyl groups excluding tert-OH is 1.